The molecule has 1 aliphatic rings. The number of carbonyl (C=O) groups is 2. The third kappa shape index (κ3) is 5.28. The van der Waals surface area contributed by atoms with Gasteiger partial charge in [0, 0.05) is 49.4 Å². The summed E-state index contributed by atoms with van der Waals surface area (Å²) in [7, 11) is 3.90. The summed E-state index contributed by atoms with van der Waals surface area (Å²) >= 11 is 12.0. The number of aromatic nitrogens is 1. The Morgan fingerprint density at radius 3 is 2.46 bits per heavy atom. The van der Waals surface area contributed by atoms with E-state index in [9.17, 15) is 9.59 Å². The highest BCUT2D eigenvalue weighted by Gasteiger charge is 2.44. The number of amides is 2. The molecule has 0 radical (unpaired) electrons. The highest BCUT2D eigenvalue weighted by molar-refractivity contribution is 7.80. The molecular formula is C26H26ClN5O2S. The topological polar surface area (TPSA) is 68.8 Å². The first-order valence-electron chi connectivity index (χ1n) is 11.1. The predicted octanol–water partition coefficient (Wildman–Crippen LogP) is 4.64. The number of rotatable bonds is 7. The second-order valence-corrected chi connectivity index (χ2v) is 9.30. The molecule has 180 valence electrons. The second-order valence-electron chi connectivity index (χ2n) is 8.53. The quantitative estimate of drug-likeness (QED) is 0.470. The Bertz CT molecular complexity index is 1250. The van der Waals surface area contributed by atoms with Crippen LogP contribution in [0.15, 0.2) is 67.0 Å². The van der Waals surface area contributed by atoms with E-state index in [0.29, 0.717) is 28.1 Å². The molecule has 1 fully saturated rings. The second kappa shape index (κ2) is 10.4. The minimum Gasteiger partial charge on any atom is -0.378 e. The van der Waals surface area contributed by atoms with E-state index < -0.39 is 6.04 Å². The molecule has 1 atom stereocenters. The van der Waals surface area contributed by atoms with Gasteiger partial charge < -0.3 is 15.1 Å². The summed E-state index contributed by atoms with van der Waals surface area (Å²) in [6.07, 6.45) is 3.33. The Kier molecular flexibility index (Phi) is 7.33. The highest BCUT2D eigenvalue weighted by atomic mass is 35.5. The van der Waals surface area contributed by atoms with Gasteiger partial charge in [-0.05, 0) is 78.8 Å². The molecule has 7 nitrogen and oxygen atoms in total. The first kappa shape index (κ1) is 24.6. The third-order valence-corrected chi connectivity index (χ3v) is 6.79. The van der Waals surface area contributed by atoms with Crippen molar-refractivity contribution in [3.05, 3.63) is 83.1 Å². The van der Waals surface area contributed by atoms with Gasteiger partial charge >= 0.3 is 0 Å². The Morgan fingerprint density at radius 2 is 1.80 bits per heavy atom. The average Bonchev–Trinajstić information content (AvgIpc) is 3.06. The molecule has 4 rings (SSSR count). The van der Waals surface area contributed by atoms with Gasteiger partial charge in [-0.15, -0.1) is 0 Å². The van der Waals surface area contributed by atoms with Gasteiger partial charge in [0.05, 0.1) is 12.1 Å². The number of thiocarbonyl (C=S) groups is 1. The first-order chi connectivity index (χ1) is 16.8. The lowest BCUT2D eigenvalue weighted by atomic mass is 10.1. The van der Waals surface area contributed by atoms with Crippen LogP contribution < -0.4 is 15.1 Å². The summed E-state index contributed by atoms with van der Waals surface area (Å²) in [5.41, 5.74) is 4.00. The van der Waals surface area contributed by atoms with Gasteiger partial charge in [0.2, 0.25) is 5.91 Å². The van der Waals surface area contributed by atoms with Gasteiger partial charge in [0.1, 0.15) is 6.04 Å². The number of hydrogen-bond donors (Lipinski definition) is 1. The minimum atomic E-state index is -0.747. The smallest absolute Gasteiger partial charge is 0.256 e. The Balaban J connectivity index is 1.61. The molecule has 1 aromatic heterocycles. The Morgan fingerprint density at radius 1 is 1.11 bits per heavy atom. The van der Waals surface area contributed by atoms with Crippen molar-refractivity contribution in [3.8, 4) is 0 Å². The molecule has 0 bridgehead atoms. The van der Waals surface area contributed by atoms with Crippen molar-refractivity contribution in [1.82, 2.24) is 9.88 Å². The minimum absolute atomic E-state index is 0.0533. The summed E-state index contributed by atoms with van der Waals surface area (Å²) in [5.74, 6) is -0.527. The van der Waals surface area contributed by atoms with Crippen molar-refractivity contribution in [2.75, 3.05) is 29.2 Å². The molecule has 1 saturated heterocycles. The number of hydrogen-bond acceptors (Lipinski definition) is 5. The predicted molar refractivity (Wildman–Crippen MR) is 144 cm³/mol. The van der Waals surface area contributed by atoms with E-state index in [-0.39, 0.29) is 18.2 Å². The molecule has 0 spiro atoms. The highest BCUT2D eigenvalue weighted by Crippen LogP contribution is 2.30. The Labute approximate surface area is 215 Å². The summed E-state index contributed by atoms with van der Waals surface area (Å²) in [5, 5.41) is 3.82. The maximum atomic E-state index is 13.6. The van der Waals surface area contributed by atoms with Crippen LogP contribution in [-0.2, 0) is 16.1 Å². The van der Waals surface area contributed by atoms with Gasteiger partial charge in [-0.3, -0.25) is 19.5 Å². The van der Waals surface area contributed by atoms with Crippen LogP contribution in [0.4, 0.5) is 17.1 Å². The molecular weight excluding hydrogens is 482 g/mol. The van der Waals surface area contributed by atoms with Crippen molar-refractivity contribution in [2.45, 2.75) is 25.9 Å². The summed E-state index contributed by atoms with van der Waals surface area (Å²) in [6, 6.07) is 15.9. The first-order valence-corrected chi connectivity index (χ1v) is 11.9. The van der Waals surface area contributed by atoms with Gasteiger partial charge in [0.25, 0.3) is 5.91 Å². The number of halogens is 1. The van der Waals surface area contributed by atoms with Crippen molar-refractivity contribution < 1.29 is 9.59 Å². The number of nitrogens with one attached hydrogen (secondary N) is 1. The van der Waals surface area contributed by atoms with Gasteiger partial charge in [0.15, 0.2) is 5.11 Å². The van der Waals surface area contributed by atoms with E-state index in [2.05, 4.69) is 10.3 Å². The lowest BCUT2D eigenvalue weighted by molar-refractivity contribution is -0.124. The van der Waals surface area contributed by atoms with Crippen LogP contribution in [0.5, 0.6) is 0 Å². The van der Waals surface area contributed by atoms with Crippen LogP contribution in [0.2, 0.25) is 5.02 Å². The molecule has 2 aromatic carbocycles. The van der Waals surface area contributed by atoms with E-state index in [4.69, 9.17) is 23.8 Å². The number of anilines is 3. The molecule has 9 heteroatoms. The maximum Gasteiger partial charge on any atom is 0.256 e. The van der Waals surface area contributed by atoms with Crippen LogP contribution in [0.25, 0.3) is 0 Å². The summed E-state index contributed by atoms with van der Waals surface area (Å²) < 4.78 is 0. The van der Waals surface area contributed by atoms with Crippen molar-refractivity contribution in [3.63, 3.8) is 0 Å². The fourth-order valence-corrected chi connectivity index (χ4v) is 4.52. The van der Waals surface area contributed by atoms with E-state index in [0.717, 1.165) is 16.8 Å². The fraction of sp³-hybridized carbons (Fsp3) is 0.231. The molecule has 1 N–H and O–H groups in total. The normalized spacial score (nSPS) is 15.5. The largest absolute Gasteiger partial charge is 0.378 e. The van der Waals surface area contributed by atoms with Gasteiger partial charge in [-0.1, -0.05) is 17.7 Å². The van der Waals surface area contributed by atoms with Crippen molar-refractivity contribution >= 4 is 57.8 Å². The average molecular weight is 508 g/mol. The van der Waals surface area contributed by atoms with E-state index >= 15 is 0 Å². The molecule has 0 saturated carbocycles. The van der Waals surface area contributed by atoms with Crippen LogP contribution in [-0.4, -0.2) is 46.9 Å². The molecule has 2 heterocycles. The SMILES string of the molecule is Cc1c(Cl)cccc1NC(=O)C[C@@H]1C(=O)N(c2ccc(N(C)C)cc2)C(=S)N1Cc1ccncc1. The van der Waals surface area contributed by atoms with Crippen molar-refractivity contribution in [1.29, 1.82) is 0 Å². The zero-order valence-corrected chi connectivity index (χ0v) is 21.3. The Hall–Kier alpha value is -3.49. The molecule has 3 aromatic rings. The molecule has 2 amide bonds. The summed E-state index contributed by atoms with van der Waals surface area (Å²) in [6.45, 7) is 2.22. The van der Waals surface area contributed by atoms with Crippen LogP contribution in [0.3, 0.4) is 0 Å². The molecule has 1 aliphatic heterocycles. The lowest BCUT2D eigenvalue weighted by Gasteiger charge is -2.24. The van der Waals surface area contributed by atoms with E-state index in [1.165, 1.54) is 4.90 Å². The molecule has 0 unspecified atom stereocenters. The van der Waals surface area contributed by atoms with Crippen molar-refractivity contribution in [2.24, 2.45) is 0 Å². The van der Waals surface area contributed by atoms with Crippen LogP contribution in [0, 0.1) is 6.92 Å². The number of benzene rings is 2. The van der Waals surface area contributed by atoms with Crippen LogP contribution >= 0.6 is 23.8 Å². The van der Waals surface area contributed by atoms with E-state index in [1.807, 2.05) is 62.3 Å². The van der Waals surface area contributed by atoms with Gasteiger partial charge in [-0.2, -0.15) is 0 Å². The number of carbonyl (C=O) groups excluding carboxylic acids is 2. The third-order valence-electron chi connectivity index (χ3n) is 5.97. The lowest BCUT2D eigenvalue weighted by Crippen LogP contribution is -2.37. The zero-order valence-electron chi connectivity index (χ0n) is 19.7. The number of pyridine rings is 1. The molecule has 35 heavy (non-hydrogen) atoms. The zero-order chi connectivity index (χ0) is 25.1. The monoisotopic (exact) mass is 507 g/mol. The van der Waals surface area contributed by atoms with E-state index in [1.54, 1.807) is 35.5 Å². The number of nitrogens with zero attached hydrogens (tertiary/aromatic N) is 4. The van der Waals surface area contributed by atoms with Crippen LogP contribution in [0.1, 0.15) is 17.5 Å². The fourth-order valence-electron chi connectivity index (χ4n) is 3.96. The summed E-state index contributed by atoms with van der Waals surface area (Å²) in [4.78, 5) is 36.0. The standard InChI is InChI=1S/C26H26ClN5O2S/c1-17-21(27)5-4-6-22(17)29-24(33)15-23-25(34)32(20-9-7-19(8-10-20)30(2)3)26(35)31(23)16-18-11-13-28-14-12-18/h4-14,23H,15-16H2,1-3H3,(H,29,33)/t23-/m1/s1. The van der Waals surface area contributed by atoms with Gasteiger partial charge in [-0.25, -0.2) is 0 Å². The molecule has 0 aliphatic carbocycles. The maximum absolute atomic E-state index is 13.6.